The van der Waals surface area contributed by atoms with E-state index < -0.39 is 0 Å². The molecule has 0 rings (SSSR count). The molecule has 0 amide bonds. The highest BCUT2D eigenvalue weighted by Crippen LogP contribution is 2.20. The van der Waals surface area contributed by atoms with Crippen LogP contribution in [0.25, 0.3) is 0 Å². The van der Waals surface area contributed by atoms with Gasteiger partial charge in [0, 0.05) is 1.37 Å². The highest BCUT2D eigenvalue weighted by atomic mass is 14.1. The Balaban J connectivity index is 3.47. The molecule has 0 aliphatic carbocycles. The van der Waals surface area contributed by atoms with Crippen molar-refractivity contribution in [2.24, 2.45) is 5.41 Å². The van der Waals surface area contributed by atoms with Crippen LogP contribution in [0.2, 0.25) is 0 Å². The first-order valence-electron chi connectivity index (χ1n) is 4.27. The zero-order valence-corrected chi connectivity index (χ0v) is 7.12. The third-order valence-corrected chi connectivity index (χ3v) is 1.08. The summed E-state index contributed by atoms with van der Waals surface area (Å²) in [4.78, 5) is 0. The fourth-order valence-electron chi connectivity index (χ4n) is 0.640. The maximum atomic E-state index is 7.54. The molecule has 0 aliphatic rings. The maximum Gasteiger partial charge on any atom is 0.0306 e. The van der Waals surface area contributed by atoms with Gasteiger partial charge in [-0.3, -0.25) is 0 Å². The lowest BCUT2D eigenvalue weighted by molar-refractivity contribution is 0.400. The highest BCUT2D eigenvalue weighted by molar-refractivity contribution is 4.72. The minimum absolute atomic E-state index is 0.298. The molecule has 0 aromatic carbocycles. The van der Waals surface area contributed by atoms with Crippen LogP contribution in [-0.4, -0.2) is 0 Å². The van der Waals surface area contributed by atoms with E-state index in [1.54, 1.807) is 0 Å². The summed E-state index contributed by atoms with van der Waals surface area (Å²) >= 11 is 0. The summed E-state index contributed by atoms with van der Waals surface area (Å²) < 4.78 is 7.54. The second-order valence-corrected chi connectivity index (χ2v) is 3.74. The maximum absolute atomic E-state index is 7.54. The quantitative estimate of drug-likeness (QED) is 0.547. The molecule has 0 aromatic rings. The van der Waals surface area contributed by atoms with E-state index in [2.05, 4.69) is 27.7 Å². The molecular formula is C9H19. The fourth-order valence-corrected chi connectivity index (χ4v) is 0.640. The average molecular weight is 129 g/mol. The molecular weight excluding hydrogens is 108 g/mol. The lowest BCUT2D eigenvalue weighted by atomic mass is 9.90. The Morgan fingerprint density at radius 2 is 2.00 bits per heavy atom. The van der Waals surface area contributed by atoms with Crippen LogP contribution < -0.4 is 0 Å². The van der Waals surface area contributed by atoms with Crippen molar-refractivity contribution in [3.05, 3.63) is 6.40 Å². The molecule has 0 heteroatoms. The summed E-state index contributed by atoms with van der Waals surface area (Å²) in [5, 5.41) is 0. The third kappa shape index (κ3) is 8.00. The van der Waals surface area contributed by atoms with Crippen LogP contribution in [0.3, 0.4) is 0 Å². The second-order valence-electron chi connectivity index (χ2n) is 3.74. The van der Waals surface area contributed by atoms with Crippen LogP contribution in [-0.2, 0) is 0 Å². The van der Waals surface area contributed by atoms with E-state index in [0.29, 0.717) is 5.41 Å². The number of rotatable bonds is 3. The monoisotopic (exact) mass is 129 g/mol. The van der Waals surface area contributed by atoms with E-state index in [1.165, 1.54) is 0 Å². The summed E-state index contributed by atoms with van der Waals surface area (Å²) in [6, 6.07) is 0. The van der Waals surface area contributed by atoms with Gasteiger partial charge >= 0.3 is 0 Å². The fraction of sp³-hybridized carbons (Fsp3) is 0.889. The number of hydrogen-bond donors (Lipinski definition) is 0. The Morgan fingerprint density at radius 1 is 1.44 bits per heavy atom. The van der Waals surface area contributed by atoms with Crippen molar-refractivity contribution in [1.82, 2.24) is 0 Å². The van der Waals surface area contributed by atoms with Gasteiger partial charge < -0.3 is 0 Å². The molecule has 0 bridgehead atoms. The van der Waals surface area contributed by atoms with Gasteiger partial charge in [-0.25, -0.2) is 0 Å². The molecule has 0 fully saturated rings. The lowest BCUT2D eigenvalue weighted by Crippen LogP contribution is -2.04. The van der Waals surface area contributed by atoms with Crippen molar-refractivity contribution in [3.8, 4) is 0 Å². The molecule has 0 N–H and O–H groups in total. The zero-order valence-electron chi connectivity index (χ0n) is 8.12. The van der Waals surface area contributed by atoms with Gasteiger partial charge in [-0.05, 0) is 18.2 Å². The van der Waals surface area contributed by atoms with Gasteiger partial charge in [-0.1, -0.05) is 40.5 Å². The van der Waals surface area contributed by atoms with E-state index in [0.717, 1.165) is 25.7 Å². The minimum atomic E-state index is 0.298. The Morgan fingerprint density at radius 3 is 2.33 bits per heavy atom. The van der Waals surface area contributed by atoms with Gasteiger partial charge in [0.1, 0.15) is 0 Å². The smallest absolute Gasteiger partial charge is 0.0306 e. The molecule has 0 aliphatic heterocycles. The van der Waals surface area contributed by atoms with Gasteiger partial charge in [0.15, 0.2) is 0 Å². The number of hydrogen-bond acceptors (Lipinski definition) is 0. The molecule has 0 saturated heterocycles. The predicted octanol–water partition coefficient (Wildman–Crippen LogP) is 3.43. The van der Waals surface area contributed by atoms with Crippen LogP contribution in [0, 0.1) is 11.8 Å². The first-order valence-corrected chi connectivity index (χ1v) is 3.77. The van der Waals surface area contributed by atoms with Crippen molar-refractivity contribution in [2.75, 3.05) is 0 Å². The van der Waals surface area contributed by atoms with Gasteiger partial charge in [0.2, 0.25) is 0 Å². The van der Waals surface area contributed by atoms with Crippen molar-refractivity contribution in [3.63, 3.8) is 0 Å². The minimum Gasteiger partial charge on any atom is -0.0654 e. The summed E-state index contributed by atoms with van der Waals surface area (Å²) in [5.41, 5.74) is 0.298. The van der Waals surface area contributed by atoms with E-state index in [9.17, 15) is 0 Å². The molecule has 0 unspecified atom stereocenters. The van der Waals surface area contributed by atoms with Gasteiger partial charge in [0.05, 0.1) is 0 Å². The van der Waals surface area contributed by atoms with E-state index in [-0.39, 0.29) is 0 Å². The van der Waals surface area contributed by atoms with Gasteiger partial charge in [-0.2, -0.15) is 0 Å². The summed E-state index contributed by atoms with van der Waals surface area (Å²) in [6.45, 7) is 8.66. The van der Waals surface area contributed by atoms with Crippen molar-refractivity contribution < 1.29 is 1.37 Å². The van der Waals surface area contributed by atoms with E-state index in [4.69, 9.17) is 1.37 Å². The van der Waals surface area contributed by atoms with Crippen LogP contribution in [0.4, 0.5) is 0 Å². The third-order valence-electron chi connectivity index (χ3n) is 1.08. The van der Waals surface area contributed by atoms with Crippen LogP contribution in [0.1, 0.15) is 48.3 Å². The Bertz CT molecular complexity index is 81.2. The predicted molar refractivity (Wildman–Crippen MR) is 43.3 cm³/mol. The first kappa shape index (κ1) is 7.11. The lowest BCUT2D eigenvalue weighted by Gasteiger charge is -2.16. The van der Waals surface area contributed by atoms with Crippen molar-refractivity contribution in [2.45, 2.75) is 47.0 Å². The van der Waals surface area contributed by atoms with E-state index >= 15 is 0 Å². The van der Waals surface area contributed by atoms with Crippen LogP contribution >= 0.6 is 0 Å². The molecule has 0 nitrogen and oxygen atoms in total. The molecule has 0 saturated carbocycles. The SMILES string of the molecule is [3H][C](CCC)CC(C)(C)C. The topological polar surface area (TPSA) is 0 Å². The largest absolute Gasteiger partial charge is 0.0654 e. The molecule has 1 radical (unpaired) electrons. The average Bonchev–Trinajstić information content (AvgIpc) is 1.59. The van der Waals surface area contributed by atoms with Gasteiger partial charge in [-0.15, -0.1) is 0 Å². The second kappa shape index (κ2) is 3.92. The molecule has 0 aromatic heterocycles. The summed E-state index contributed by atoms with van der Waals surface area (Å²) in [7, 11) is 0. The Kier molecular flexibility index (Phi) is 3.10. The highest BCUT2D eigenvalue weighted by Gasteiger charge is 2.07. The summed E-state index contributed by atoms with van der Waals surface area (Å²) in [6.07, 6.45) is 3.92. The van der Waals surface area contributed by atoms with Crippen molar-refractivity contribution in [1.29, 1.82) is 0 Å². The van der Waals surface area contributed by atoms with Crippen LogP contribution in [0.5, 0.6) is 0 Å². The van der Waals surface area contributed by atoms with Gasteiger partial charge in [0.25, 0.3) is 0 Å². The molecule has 9 heavy (non-hydrogen) atoms. The Labute approximate surface area is 61.1 Å². The normalized spacial score (nSPS) is 14.1. The molecule has 0 atom stereocenters. The van der Waals surface area contributed by atoms with Crippen molar-refractivity contribution >= 4 is 0 Å². The standard InChI is InChI=1S/C9H19/c1-5-6-7-8-9(2,3)4/h7H,5-6,8H2,1-4H3/i7T. The first-order chi connectivity index (χ1) is 4.45. The van der Waals surface area contributed by atoms with E-state index in [1.807, 2.05) is 0 Å². The Hall–Kier alpha value is 0. The summed E-state index contributed by atoms with van der Waals surface area (Å²) in [5.74, 6) is 0. The molecule has 0 spiro atoms. The molecule has 0 heterocycles. The molecule has 55 valence electrons. The zero-order chi connectivity index (χ0) is 8.20. The van der Waals surface area contributed by atoms with Crippen LogP contribution in [0.15, 0.2) is 0 Å².